The first-order valence-electron chi connectivity index (χ1n) is 5.82. The molecule has 100 valence electrons. The maximum Gasteiger partial charge on any atom is 0.243 e. The lowest BCUT2D eigenvalue weighted by atomic mass is 10.1. The molecule has 1 saturated heterocycles. The third-order valence-electron chi connectivity index (χ3n) is 3.15. The first-order valence-corrected chi connectivity index (χ1v) is 7.79. The highest BCUT2D eigenvalue weighted by Crippen LogP contribution is 2.25. The summed E-state index contributed by atoms with van der Waals surface area (Å²) in [4.78, 5) is 0.138. The van der Waals surface area contributed by atoms with Crippen molar-refractivity contribution in [3.8, 4) is 0 Å². The van der Waals surface area contributed by atoms with Gasteiger partial charge < -0.3 is 0 Å². The predicted molar refractivity (Wildman–Crippen MR) is 68.7 cm³/mol. The first-order chi connectivity index (χ1) is 8.46. The van der Waals surface area contributed by atoms with Crippen molar-refractivity contribution in [1.82, 2.24) is 4.31 Å². The van der Waals surface area contributed by atoms with Crippen molar-refractivity contribution in [3.63, 3.8) is 0 Å². The molecule has 0 bridgehead atoms. The van der Waals surface area contributed by atoms with Gasteiger partial charge in [-0.1, -0.05) is 0 Å². The van der Waals surface area contributed by atoms with Gasteiger partial charge in [-0.25, -0.2) is 12.8 Å². The predicted octanol–water partition coefficient (Wildman–Crippen LogP) is 2.66. The molecular formula is C12H15ClFNO2S. The Balaban J connectivity index is 2.47. The maximum atomic E-state index is 13.7. The molecule has 2 rings (SSSR count). The topological polar surface area (TPSA) is 37.4 Å². The van der Waals surface area contributed by atoms with Crippen molar-refractivity contribution in [1.29, 1.82) is 0 Å². The summed E-state index contributed by atoms with van der Waals surface area (Å²) < 4.78 is 39.7. The van der Waals surface area contributed by atoms with E-state index in [0.717, 1.165) is 12.8 Å². The summed E-state index contributed by atoms with van der Waals surface area (Å²) in [5, 5.41) is 0. The van der Waals surface area contributed by atoms with Crippen LogP contribution in [-0.2, 0) is 15.9 Å². The van der Waals surface area contributed by atoms with Crippen LogP contribution in [-0.4, -0.2) is 25.8 Å². The number of rotatable bonds is 3. The first kappa shape index (κ1) is 13.8. The standard InChI is InChI=1S/C12H15ClFNO2S/c1-9-6-11(7-10(8-13)12(9)14)18(16,17)15-4-2-3-5-15/h6-7H,2-5,8H2,1H3. The molecule has 1 heterocycles. The van der Waals surface area contributed by atoms with Crippen LogP contribution in [0.3, 0.4) is 0 Å². The van der Waals surface area contributed by atoms with Crippen LogP contribution in [0.4, 0.5) is 4.39 Å². The van der Waals surface area contributed by atoms with E-state index in [0.29, 0.717) is 18.7 Å². The number of halogens is 2. The monoisotopic (exact) mass is 291 g/mol. The van der Waals surface area contributed by atoms with Crippen LogP contribution in [0.15, 0.2) is 17.0 Å². The van der Waals surface area contributed by atoms with Gasteiger partial charge in [0.25, 0.3) is 0 Å². The fraction of sp³-hybridized carbons (Fsp3) is 0.500. The van der Waals surface area contributed by atoms with Crippen LogP contribution >= 0.6 is 11.6 Å². The van der Waals surface area contributed by atoms with Gasteiger partial charge in [0.2, 0.25) is 10.0 Å². The molecule has 0 spiro atoms. The van der Waals surface area contributed by atoms with Crippen molar-refractivity contribution in [2.24, 2.45) is 0 Å². The van der Waals surface area contributed by atoms with Crippen molar-refractivity contribution in [3.05, 3.63) is 29.1 Å². The Labute approximate surface area is 112 Å². The van der Waals surface area contributed by atoms with Crippen LogP contribution in [0.5, 0.6) is 0 Å². The molecule has 0 N–H and O–H groups in total. The van der Waals surface area contributed by atoms with E-state index in [1.54, 1.807) is 6.92 Å². The molecule has 0 radical (unpaired) electrons. The van der Waals surface area contributed by atoms with Crippen molar-refractivity contribution < 1.29 is 12.8 Å². The van der Waals surface area contributed by atoms with Gasteiger partial charge >= 0.3 is 0 Å². The Kier molecular flexibility index (Phi) is 3.94. The molecule has 1 aliphatic heterocycles. The number of hydrogen-bond acceptors (Lipinski definition) is 2. The number of aryl methyl sites for hydroxylation is 1. The lowest BCUT2D eigenvalue weighted by Gasteiger charge is -2.16. The molecule has 0 amide bonds. The fourth-order valence-corrected chi connectivity index (χ4v) is 3.98. The molecule has 6 heteroatoms. The Hall–Kier alpha value is -0.650. The number of nitrogens with zero attached hydrogens (tertiary/aromatic N) is 1. The Morgan fingerprint density at radius 3 is 2.50 bits per heavy atom. The van der Waals surface area contributed by atoms with Crippen LogP contribution in [0, 0.1) is 12.7 Å². The second kappa shape index (κ2) is 5.15. The van der Waals surface area contributed by atoms with E-state index >= 15 is 0 Å². The van der Waals surface area contributed by atoms with E-state index in [9.17, 15) is 12.8 Å². The zero-order valence-corrected chi connectivity index (χ0v) is 11.7. The molecule has 3 nitrogen and oxygen atoms in total. The summed E-state index contributed by atoms with van der Waals surface area (Å²) in [5.41, 5.74) is 0.542. The lowest BCUT2D eigenvalue weighted by Crippen LogP contribution is -2.28. The summed E-state index contributed by atoms with van der Waals surface area (Å²) in [6.07, 6.45) is 1.75. The van der Waals surface area contributed by atoms with Crippen LogP contribution in [0.1, 0.15) is 24.0 Å². The minimum atomic E-state index is -3.50. The zero-order chi connectivity index (χ0) is 13.3. The van der Waals surface area contributed by atoms with Gasteiger partial charge in [-0.05, 0) is 37.5 Å². The highest BCUT2D eigenvalue weighted by atomic mass is 35.5. The highest BCUT2D eigenvalue weighted by molar-refractivity contribution is 7.89. The van der Waals surface area contributed by atoms with Gasteiger partial charge in [-0.2, -0.15) is 4.31 Å². The van der Waals surface area contributed by atoms with Crippen LogP contribution in [0.2, 0.25) is 0 Å². The number of benzene rings is 1. The molecule has 1 aromatic carbocycles. The van der Waals surface area contributed by atoms with Crippen molar-refractivity contribution in [2.45, 2.75) is 30.5 Å². The minimum Gasteiger partial charge on any atom is -0.207 e. The van der Waals surface area contributed by atoms with Crippen molar-refractivity contribution in [2.75, 3.05) is 13.1 Å². The average Bonchev–Trinajstić information content (AvgIpc) is 2.86. The summed E-state index contributed by atoms with van der Waals surface area (Å²) >= 11 is 5.64. The van der Waals surface area contributed by atoms with Gasteiger partial charge in [-0.3, -0.25) is 0 Å². The summed E-state index contributed by atoms with van der Waals surface area (Å²) in [7, 11) is -3.50. The Bertz CT molecular complexity index is 553. The van der Waals surface area contributed by atoms with E-state index in [2.05, 4.69) is 0 Å². The van der Waals surface area contributed by atoms with Gasteiger partial charge in [0.05, 0.1) is 10.8 Å². The van der Waals surface area contributed by atoms with Gasteiger partial charge in [0, 0.05) is 18.7 Å². The Morgan fingerprint density at radius 2 is 1.94 bits per heavy atom. The van der Waals surface area contributed by atoms with Gasteiger partial charge in [0.15, 0.2) is 0 Å². The van der Waals surface area contributed by atoms with Crippen LogP contribution < -0.4 is 0 Å². The quantitative estimate of drug-likeness (QED) is 0.803. The summed E-state index contributed by atoms with van der Waals surface area (Å²) in [5.74, 6) is -0.457. The average molecular weight is 292 g/mol. The smallest absolute Gasteiger partial charge is 0.207 e. The second-order valence-corrected chi connectivity index (χ2v) is 6.66. The van der Waals surface area contributed by atoms with E-state index < -0.39 is 15.8 Å². The largest absolute Gasteiger partial charge is 0.243 e. The molecule has 1 fully saturated rings. The molecule has 1 aliphatic rings. The number of alkyl halides is 1. The SMILES string of the molecule is Cc1cc(S(=O)(=O)N2CCCC2)cc(CCl)c1F. The Morgan fingerprint density at radius 1 is 1.33 bits per heavy atom. The zero-order valence-electron chi connectivity index (χ0n) is 10.1. The molecular weight excluding hydrogens is 277 g/mol. The van der Waals surface area contributed by atoms with Gasteiger partial charge in [0.1, 0.15) is 5.82 Å². The third-order valence-corrected chi connectivity index (χ3v) is 5.31. The number of sulfonamides is 1. The fourth-order valence-electron chi connectivity index (χ4n) is 2.13. The third kappa shape index (κ3) is 2.39. The van der Waals surface area contributed by atoms with E-state index in [1.807, 2.05) is 0 Å². The number of hydrogen-bond donors (Lipinski definition) is 0. The summed E-state index contributed by atoms with van der Waals surface area (Å²) in [6.45, 7) is 2.62. The minimum absolute atomic E-state index is 0.0317. The lowest BCUT2D eigenvalue weighted by molar-refractivity contribution is 0.477. The molecule has 0 aromatic heterocycles. The highest BCUT2D eigenvalue weighted by Gasteiger charge is 2.28. The van der Waals surface area contributed by atoms with E-state index in [1.165, 1.54) is 16.4 Å². The molecule has 18 heavy (non-hydrogen) atoms. The molecule has 1 aromatic rings. The van der Waals surface area contributed by atoms with Crippen molar-refractivity contribution >= 4 is 21.6 Å². The summed E-state index contributed by atoms with van der Waals surface area (Å²) in [6, 6.07) is 2.71. The second-order valence-electron chi connectivity index (χ2n) is 4.46. The van der Waals surface area contributed by atoms with Gasteiger partial charge in [-0.15, -0.1) is 11.6 Å². The maximum absolute atomic E-state index is 13.7. The van der Waals surface area contributed by atoms with E-state index in [4.69, 9.17) is 11.6 Å². The van der Waals surface area contributed by atoms with Crippen LogP contribution in [0.25, 0.3) is 0 Å². The molecule has 0 saturated carbocycles. The molecule has 0 atom stereocenters. The molecule has 0 aliphatic carbocycles. The normalized spacial score (nSPS) is 17.3. The molecule has 0 unspecified atom stereocenters. The van der Waals surface area contributed by atoms with E-state index in [-0.39, 0.29) is 16.3 Å².